The molecule has 1 unspecified atom stereocenters. The van der Waals surface area contributed by atoms with Crippen molar-refractivity contribution in [2.24, 2.45) is 0 Å². The second-order valence-corrected chi connectivity index (χ2v) is 5.23. The third kappa shape index (κ3) is 3.68. The lowest BCUT2D eigenvalue weighted by Gasteiger charge is -2.24. The first-order valence-electron chi connectivity index (χ1n) is 6.54. The highest BCUT2D eigenvalue weighted by Crippen LogP contribution is 2.22. The van der Waals surface area contributed by atoms with Crippen LogP contribution in [0.15, 0.2) is 36.7 Å². The monoisotopic (exact) mass is 290 g/mol. The number of halogens is 1. The third-order valence-corrected chi connectivity index (χ3v) is 3.60. The fraction of sp³-hybridized carbons (Fsp3) is 0.333. The van der Waals surface area contributed by atoms with Gasteiger partial charge < -0.3 is 5.32 Å². The van der Waals surface area contributed by atoms with Crippen LogP contribution in [0.3, 0.4) is 0 Å². The summed E-state index contributed by atoms with van der Waals surface area (Å²) < 4.78 is 0. The summed E-state index contributed by atoms with van der Waals surface area (Å²) in [5, 5.41) is 3.73. The minimum Gasteiger partial charge on any atom is -0.372 e. The average Bonchev–Trinajstić information content (AvgIpc) is 2.47. The molecule has 0 saturated heterocycles. The molecule has 2 rings (SSSR count). The lowest BCUT2D eigenvalue weighted by atomic mass is 10.1. The molecule has 20 heavy (non-hydrogen) atoms. The summed E-state index contributed by atoms with van der Waals surface area (Å²) in [5.74, 6) is 0.777. The van der Waals surface area contributed by atoms with Gasteiger partial charge in [-0.15, -0.1) is 0 Å². The van der Waals surface area contributed by atoms with Crippen molar-refractivity contribution in [2.75, 3.05) is 19.4 Å². The number of hydrogen-bond donors (Lipinski definition) is 1. The highest BCUT2D eigenvalue weighted by molar-refractivity contribution is 6.30. The predicted octanol–water partition coefficient (Wildman–Crippen LogP) is 3.36. The minimum absolute atomic E-state index is 0.263. The summed E-state index contributed by atoms with van der Waals surface area (Å²) in [6.07, 6.45) is 3.54. The molecule has 1 aromatic heterocycles. The largest absolute Gasteiger partial charge is 0.372 e. The second-order valence-electron chi connectivity index (χ2n) is 4.79. The smallest absolute Gasteiger partial charge is 0.144 e. The van der Waals surface area contributed by atoms with Crippen molar-refractivity contribution >= 4 is 17.4 Å². The average molecular weight is 291 g/mol. The molecule has 1 atom stereocenters. The Kier molecular flexibility index (Phi) is 4.93. The zero-order valence-corrected chi connectivity index (χ0v) is 12.7. The highest BCUT2D eigenvalue weighted by Gasteiger charge is 2.13. The molecule has 0 aliphatic rings. The first kappa shape index (κ1) is 14.8. The summed E-state index contributed by atoms with van der Waals surface area (Å²) in [6.45, 7) is 2.89. The Labute approximate surface area is 124 Å². The van der Waals surface area contributed by atoms with Crippen molar-refractivity contribution in [3.05, 3.63) is 52.9 Å². The van der Waals surface area contributed by atoms with Gasteiger partial charge in [0.25, 0.3) is 0 Å². The molecule has 1 N–H and O–H groups in total. The molecule has 106 valence electrons. The lowest BCUT2D eigenvalue weighted by Crippen LogP contribution is -2.22. The normalized spacial score (nSPS) is 12.4. The third-order valence-electron chi connectivity index (χ3n) is 3.37. The van der Waals surface area contributed by atoms with Crippen LogP contribution in [-0.2, 0) is 6.54 Å². The molecule has 0 fully saturated rings. The van der Waals surface area contributed by atoms with Crippen molar-refractivity contribution in [3.63, 3.8) is 0 Å². The second kappa shape index (κ2) is 6.68. The van der Waals surface area contributed by atoms with E-state index in [-0.39, 0.29) is 6.04 Å². The van der Waals surface area contributed by atoms with E-state index in [1.165, 1.54) is 5.56 Å². The van der Waals surface area contributed by atoms with Crippen LogP contribution in [0.4, 0.5) is 5.82 Å². The van der Waals surface area contributed by atoms with E-state index in [1.807, 2.05) is 25.2 Å². The fourth-order valence-corrected chi connectivity index (χ4v) is 2.18. The fourth-order valence-electron chi connectivity index (χ4n) is 1.98. The molecule has 0 aliphatic heterocycles. The molecule has 0 bridgehead atoms. The summed E-state index contributed by atoms with van der Waals surface area (Å²) in [4.78, 5) is 10.9. The maximum Gasteiger partial charge on any atom is 0.144 e. The minimum atomic E-state index is 0.263. The van der Waals surface area contributed by atoms with Gasteiger partial charge in [0.15, 0.2) is 0 Å². The van der Waals surface area contributed by atoms with Gasteiger partial charge in [0, 0.05) is 24.7 Å². The van der Waals surface area contributed by atoms with Gasteiger partial charge in [-0.3, -0.25) is 9.88 Å². The quantitative estimate of drug-likeness (QED) is 0.917. The van der Waals surface area contributed by atoms with Crippen molar-refractivity contribution in [1.82, 2.24) is 14.9 Å². The van der Waals surface area contributed by atoms with Gasteiger partial charge in [-0.25, -0.2) is 4.98 Å². The van der Waals surface area contributed by atoms with Crippen LogP contribution in [0.2, 0.25) is 5.02 Å². The van der Waals surface area contributed by atoms with Crippen LogP contribution in [0.1, 0.15) is 24.2 Å². The van der Waals surface area contributed by atoms with E-state index in [2.05, 4.69) is 40.2 Å². The number of benzene rings is 1. The van der Waals surface area contributed by atoms with Crippen LogP contribution < -0.4 is 5.32 Å². The topological polar surface area (TPSA) is 41.1 Å². The number of nitrogens with one attached hydrogen (secondary N) is 1. The SMILES string of the molecule is CNc1cnc(CN(C)C(C)c2cccc(Cl)c2)cn1. The summed E-state index contributed by atoms with van der Waals surface area (Å²) in [7, 11) is 3.90. The number of aromatic nitrogens is 2. The molecule has 2 aromatic rings. The van der Waals surface area contributed by atoms with Crippen LogP contribution in [0, 0.1) is 0 Å². The van der Waals surface area contributed by atoms with Crippen LogP contribution >= 0.6 is 11.6 Å². The van der Waals surface area contributed by atoms with Crippen molar-refractivity contribution in [1.29, 1.82) is 0 Å². The van der Waals surface area contributed by atoms with E-state index in [1.54, 1.807) is 12.4 Å². The standard InChI is InChI=1S/C15H19ClN4/c1-11(12-5-4-6-13(16)7-12)20(3)10-14-8-19-15(17-2)9-18-14/h4-9,11H,10H2,1-3H3,(H,17,19). The Hall–Kier alpha value is -1.65. The predicted molar refractivity (Wildman–Crippen MR) is 82.9 cm³/mol. The van der Waals surface area contributed by atoms with Crippen LogP contribution in [0.5, 0.6) is 0 Å². The zero-order chi connectivity index (χ0) is 14.5. The molecular formula is C15H19ClN4. The van der Waals surface area contributed by atoms with Gasteiger partial charge in [0.1, 0.15) is 5.82 Å². The van der Waals surface area contributed by atoms with Gasteiger partial charge in [-0.1, -0.05) is 23.7 Å². The van der Waals surface area contributed by atoms with Crippen molar-refractivity contribution < 1.29 is 0 Å². The van der Waals surface area contributed by atoms with Crippen LogP contribution in [0.25, 0.3) is 0 Å². The first-order valence-corrected chi connectivity index (χ1v) is 6.92. The van der Waals surface area contributed by atoms with Crippen molar-refractivity contribution in [2.45, 2.75) is 19.5 Å². The summed E-state index contributed by atoms with van der Waals surface area (Å²) in [5.41, 5.74) is 2.14. The maximum atomic E-state index is 6.04. The van der Waals surface area contributed by atoms with Gasteiger partial charge in [-0.2, -0.15) is 0 Å². The maximum absolute atomic E-state index is 6.04. The summed E-state index contributed by atoms with van der Waals surface area (Å²) >= 11 is 6.04. The van der Waals surface area contributed by atoms with Crippen molar-refractivity contribution in [3.8, 4) is 0 Å². The Morgan fingerprint density at radius 2 is 2.10 bits per heavy atom. The number of hydrogen-bond acceptors (Lipinski definition) is 4. The van der Waals surface area contributed by atoms with E-state index in [4.69, 9.17) is 11.6 Å². The van der Waals surface area contributed by atoms with E-state index < -0.39 is 0 Å². The lowest BCUT2D eigenvalue weighted by molar-refractivity contribution is 0.250. The molecule has 0 radical (unpaired) electrons. The van der Waals surface area contributed by atoms with E-state index in [9.17, 15) is 0 Å². The number of anilines is 1. The Morgan fingerprint density at radius 3 is 2.70 bits per heavy atom. The number of nitrogens with zero attached hydrogens (tertiary/aromatic N) is 3. The molecule has 1 heterocycles. The first-order chi connectivity index (χ1) is 9.60. The molecule has 1 aromatic carbocycles. The molecule has 0 aliphatic carbocycles. The molecule has 0 amide bonds. The molecular weight excluding hydrogens is 272 g/mol. The Balaban J connectivity index is 2.04. The summed E-state index contributed by atoms with van der Waals surface area (Å²) in [6, 6.07) is 8.21. The van der Waals surface area contributed by atoms with Gasteiger partial charge in [0.05, 0.1) is 18.1 Å². The van der Waals surface area contributed by atoms with E-state index >= 15 is 0 Å². The Morgan fingerprint density at radius 1 is 1.30 bits per heavy atom. The van der Waals surface area contributed by atoms with E-state index in [0.717, 1.165) is 23.1 Å². The van der Waals surface area contributed by atoms with Gasteiger partial charge >= 0.3 is 0 Å². The Bertz CT molecular complexity index is 556. The molecule has 0 saturated carbocycles. The number of rotatable bonds is 5. The molecule has 4 nitrogen and oxygen atoms in total. The van der Waals surface area contributed by atoms with Crippen LogP contribution in [-0.4, -0.2) is 29.0 Å². The molecule has 5 heteroatoms. The molecule has 0 spiro atoms. The van der Waals surface area contributed by atoms with Gasteiger partial charge in [0.2, 0.25) is 0 Å². The van der Waals surface area contributed by atoms with E-state index in [0.29, 0.717) is 0 Å². The zero-order valence-electron chi connectivity index (χ0n) is 12.0. The highest BCUT2D eigenvalue weighted by atomic mass is 35.5. The van der Waals surface area contributed by atoms with Gasteiger partial charge in [-0.05, 0) is 31.7 Å².